The van der Waals surface area contributed by atoms with Crippen LogP contribution >= 0.6 is 0 Å². The molecule has 0 fully saturated rings. The lowest BCUT2D eigenvalue weighted by Gasteiger charge is -2.20. The monoisotopic (exact) mass is 296 g/mol. The van der Waals surface area contributed by atoms with Crippen LogP contribution in [0.25, 0.3) is 0 Å². The molecule has 0 saturated heterocycles. The molecule has 5 heteroatoms. The maximum absolute atomic E-state index is 9.38. The molecule has 2 aromatic rings. The van der Waals surface area contributed by atoms with Gasteiger partial charge in [0.05, 0.1) is 12.8 Å². The molecule has 0 spiro atoms. The lowest BCUT2D eigenvalue weighted by Crippen LogP contribution is -2.23. The number of rotatable bonds is 5. The molecular weight excluding hydrogens is 276 g/mol. The zero-order valence-electron chi connectivity index (χ0n) is 13.4. The number of hydrogen-bond acceptors (Lipinski definition) is 5. The standard InChI is InChI=1S/C17H20N4O/c1-12-13(2)19-20-17(15(12)11-18)21(3)10-9-14-7-5-6-8-16(14)22-4/h5-8H,9-10H2,1-4H3. The van der Waals surface area contributed by atoms with E-state index in [2.05, 4.69) is 16.3 Å². The number of aryl methyl sites for hydroxylation is 1. The average molecular weight is 296 g/mol. The van der Waals surface area contributed by atoms with Crippen LogP contribution in [0, 0.1) is 25.2 Å². The predicted molar refractivity (Wildman–Crippen MR) is 86.2 cm³/mol. The van der Waals surface area contributed by atoms with Crippen LogP contribution in [-0.4, -0.2) is 30.9 Å². The highest BCUT2D eigenvalue weighted by Gasteiger charge is 2.15. The maximum atomic E-state index is 9.38. The summed E-state index contributed by atoms with van der Waals surface area (Å²) in [5.41, 5.74) is 3.40. The van der Waals surface area contributed by atoms with E-state index in [1.54, 1.807) is 7.11 Å². The van der Waals surface area contributed by atoms with Gasteiger partial charge in [-0.3, -0.25) is 0 Å². The van der Waals surface area contributed by atoms with Crippen molar-refractivity contribution >= 4 is 5.82 Å². The molecule has 0 aliphatic heterocycles. The summed E-state index contributed by atoms with van der Waals surface area (Å²) in [6.07, 6.45) is 0.806. The minimum Gasteiger partial charge on any atom is -0.496 e. The summed E-state index contributed by atoms with van der Waals surface area (Å²) in [7, 11) is 3.60. The molecule has 0 N–H and O–H groups in total. The molecule has 1 aromatic heterocycles. The zero-order chi connectivity index (χ0) is 16.1. The summed E-state index contributed by atoms with van der Waals surface area (Å²) in [4.78, 5) is 1.96. The van der Waals surface area contributed by atoms with Gasteiger partial charge in [-0.2, -0.15) is 10.4 Å². The van der Waals surface area contributed by atoms with Crippen molar-refractivity contribution in [2.45, 2.75) is 20.3 Å². The summed E-state index contributed by atoms with van der Waals surface area (Å²) < 4.78 is 5.36. The molecule has 0 atom stereocenters. The Balaban J connectivity index is 2.18. The van der Waals surface area contributed by atoms with Crippen molar-refractivity contribution in [1.29, 1.82) is 5.26 Å². The van der Waals surface area contributed by atoms with Gasteiger partial charge < -0.3 is 9.64 Å². The second kappa shape index (κ2) is 6.90. The molecule has 2 rings (SSSR count). The number of nitriles is 1. The third kappa shape index (κ3) is 3.17. The highest BCUT2D eigenvalue weighted by molar-refractivity contribution is 5.57. The Morgan fingerprint density at radius 2 is 1.95 bits per heavy atom. The van der Waals surface area contributed by atoms with Crippen LogP contribution in [0.2, 0.25) is 0 Å². The number of hydrogen-bond donors (Lipinski definition) is 0. The van der Waals surface area contributed by atoms with E-state index in [4.69, 9.17) is 4.74 Å². The van der Waals surface area contributed by atoms with Gasteiger partial charge in [-0.1, -0.05) is 18.2 Å². The number of anilines is 1. The van der Waals surface area contributed by atoms with Gasteiger partial charge in [0, 0.05) is 13.6 Å². The minimum absolute atomic E-state index is 0.593. The van der Waals surface area contributed by atoms with Gasteiger partial charge in [-0.05, 0) is 37.5 Å². The largest absolute Gasteiger partial charge is 0.496 e. The van der Waals surface area contributed by atoms with E-state index in [-0.39, 0.29) is 0 Å². The number of benzene rings is 1. The van der Waals surface area contributed by atoms with Crippen LogP contribution < -0.4 is 9.64 Å². The van der Waals surface area contributed by atoms with Crippen LogP contribution in [0.5, 0.6) is 5.75 Å². The van der Waals surface area contributed by atoms with Crippen molar-refractivity contribution < 1.29 is 4.74 Å². The molecule has 0 bridgehead atoms. The molecule has 0 radical (unpaired) electrons. The molecule has 5 nitrogen and oxygen atoms in total. The van der Waals surface area contributed by atoms with Crippen molar-refractivity contribution in [3.63, 3.8) is 0 Å². The van der Waals surface area contributed by atoms with Crippen molar-refractivity contribution in [3.8, 4) is 11.8 Å². The lowest BCUT2D eigenvalue weighted by atomic mass is 10.1. The summed E-state index contributed by atoms with van der Waals surface area (Å²) in [6.45, 7) is 4.49. The maximum Gasteiger partial charge on any atom is 0.169 e. The van der Waals surface area contributed by atoms with Gasteiger partial charge in [-0.25, -0.2) is 0 Å². The molecule has 114 valence electrons. The van der Waals surface area contributed by atoms with E-state index >= 15 is 0 Å². The van der Waals surface area contributed by atoms with Crippen LogP contribution in [0.4, 0.5) is 5.82 Å². The smallest absolute Gasteiger partial charge is 0.169 e. The van der Waals surface area contributed by atoms with Crippen molar-refractivity contribution in [3.05, 3.63) is 46.6 Å². The first-order valence-corrected chi connectivity index (χ1v) is 7.15. The van der Waals surface area contributed by atoms with Crippen LogP contribution in [0.1, 0.15) is 22.4 Å². The molecule has 0 saturated carbocycles. The van der Waals surface area contributed by atoms with Crippen molar-refractivity contribution in [2.24, 2.45) is 0 Å². The summed E-state index contributed by atoms with van der Waals surface area (Å²) in [6, 6.07) is 10.2. The third-order valence-electron chi connectivity index (χ3n) is 3.82. The van der Waals surface area contributed by atoms with Gasteiger partial charge in [-0.15, -0.1) is 5.10 Å². The summed E-state index contributed by atoms with van der Waals surface area (Å²) in [5.74, 6) is 1.50. The van der Waals surface area contributed by atoms with E-state index in [1.807, 2.05) is 50.1 Å². The van der Waals surface area contributed by atoms with E-state index < -0.39 is 0 Å². The van der Waals surface area contributed by atoms with Crippen LogP contribution in [0.15, 0.2) is 24.3 Å². The molecule has 0 amide bonds. The zero-order valence-corrected chi connectivity index (χ0v) is 13.4. The minimum atomic E-state index is 0.593. The van der Waals surface area contributed by atoms with Gasteiger partial charge in [0.1, 0.15) is 17.4 Å². The highest BCUT2D eigenvalue weighted by Crippen LogP contribution is 2.22. The van der Waals surface area contributed by atoms with E-state index in [0.29, 0.717) is 11.4 Å². The molecule has 0 unspecified atom stereocenters. The fourth-order valence-electron chi connectivity index (χ4n) is 2.30. The fraction of sp³-hybridized carbons (Fsp3) is 0.353. The van der Waals surface area contributed by atoms with Gasteiger partial charge >= 0.3 is 0 Å². The molecular formula is C17H20N4O. The molecule has 1 aromatic carbocycles. The quantitative estimate of drug-likeness (QED) is 0.849. The Labute approximate surface area is 131 Å². The first-order valence-electron chi connectivity index (χ1n) is 7.15. The van der Waals surface area contributed by atoms with Crippen LogP contribution in [0.3, 0.4) is 0 Å². The molecule has 22 heavy (non-hydrogen) atoms. The Kier molecular flexibility index (Phi) is 4.95. The normalized spacial score (nSPS) is 10.1. The SMILES string of the molecule is COc1ccccc1CCN(C)c1nnc(C)c(C)c1C#N. The fourth-order valence-corrected chi connectivity index (χ4v) is 2.30. The first kappa shape index (κ1) is 15.8. The van der Waals surface area contributed by atoms with Crippen molar-refractivity contribution in [2.75, 3.05) is 25.6 Å². The topological polar surface area (TPSA) is 62.0 Å². The molecule has 0 aliphatic carbocycles. The number of nitrogens with zero attached hydrogens (tertiary/aromatic N) is 4. The molecule has 0 aliphatic rings. The lowest BCUT2D eigenvalue weighted by molar-refractivity contribution is 0.409. The third-order valence-corrected chi connectivity index (χ3v) is 3.82. The van der Waals surface area contributed by atoms with Gasteiger partial charge in [0.25, 0.3) is 0 Å². The summed E-state index contributed by atoms with van der Waals surface area (Å²) in [5, 5.41) is 17.7. The molecule has 1 heterocycles. The number of ether oxygens (including phenoxy) is 1. The average Bonchev–Trinajstić information content (AvgIpc) is 2.55. The second-order valence-corrected chi connectivity index (χ2v) is 5.20. The number of para-hydroxylation sites is 1. The van der Waals surface area contributed by atoms with E-state index in [1.165, 1.54) is 0 Å². The Bertz CT molecular complexity index is 706. The Morgan fingerprint density at radius 1 is 1.23 bits per heavy atom. The first-order chi connectivity index (χ1) is 10.6. The number of methoxy groups -OCH3 is 1. The number of aromatic nitrogens is 2. The van der Waals surface area contributed by atoms with Gasteiger partial charge in [0.2, 0.25) is 0 Å². The van der Waals surface area contributed by atoms with Gasteiger partial charge in [0.15, 0.2) is 5.82 Å². The number of likely N-dealkylation sites (N-methyl/N-ethyl adjacent to an activating group) is 1. The Hall–Kier alpha value is -2.61. The van der Waals surface area contributed by atoms with E-state index in [9.17, 15) is 5.26 Å². The van der Waals surface area contributed by atoms with Crippen LogP contribution in [-0.2, 0) is 6.42 Å². The highest BCUT2D eigenvalue weighted by atomic mass is 16.5. The summed E-state index contributed by atoms with van der Waals surface area (Å²) >= 11 is 0. The Morgan fingerprint density at radius 3 is 2.64 bits per heavy atom. The van der Waals surface area contributed by atoms with Crippen molar-refractivity contribution in [1.82, 2.24) is 10.2 Å². The second-order valence-electron chi connectivity index (χ2n) is 5.20. The predicted octanol–water partition coefficient (Wildman–Crippen LogP) is 2.65. The van der Waals surface area contributed by atoms with E-state index in [0.717, 1.165) is 35.5 Å².